The third-order valence-corrected chi connectivity index (χ3v) is 3.60. The van der Waals surface area contributed by atoms with Crippen LogP contribution in [-0.4, -0.2) is 13.1 Å². The summed E-state index contributed by atoms with van der Waals surface area (Å²) in [4.78, 5) is 2.33. The normalized spacial score (nSPS) is 19.4. The minimum Gasteiger partial charge on any atom is -0.371 e. The molecule has 0 aliphatic carbocycles. The minimum atomic E-state index is -0.202. The van der Waals surface area contributed by atoms with Crippen LogP contribution < -0.4 is 10.6 Å². The highest BCUT2D eigenvalue weighted by Gasteiger charge is 2.19. The van der Waals surface area contributed by atoms with Gasteiger partial charge in [-0.1, -0.05) is 6.92 Å². The Morgan fingerprint density at radius 1 is 1.35 bits per heavy atom. The molecule has 1 saturated heterocycles. The zero-order valence-electron chi connectivity index (χ0n) is 10.6. The van der Waals surface area contributed by atoms with E-state index in [0.29, 0.717) is 0 Å². The van der Waals surface area contributed by atoms with Gasteiger partial charge in [-0.3, -0.25) is 0 Å². The van der Waals surface area contributed by atoms with E-state index in [1.807, 2.05) is 13.0 Å². The van der Waals surface area contributed by atoms with Gasteiger partial charge in [0.15, 0.2) is 0 Å². The number of nitrogens with two attached hydrogens (primary N) is 1. The number of anilines is 1. The van der Waals surface area contributed by atoms with Crippen LogP contribution in [-0.2, 0) is 0 Å². The topological polar surface area (TPSA) is 29.3 Å². The van der Waals surface area contributed by atoms with Gasteiger partial charge in [0.2, 0.25) is 0 Å². The number of rotatable bonds is 2. The highest BCUT2D eigenvalue weighted by atomic mass is 19.1. The molecule has 1 aliphatic rings. The Kier molecular flexibility index (Phi) is 3.67. The van der Waals surface area contributed by atoms with Crippen molar-refractivity contribution in [3.05, 3.63) is 29.6 Å². The van der Waals surface area contributed by atoms with Crippen molar-refractivity contribution in [2.24, 2.45) is 11.7 Å². The maximum atomic E-state index is 13.3. The van der Waals surface area contributed by atoms with Gasteiger partial charge in [0.25, 0.3) is 0 Å². The molecule has 17 heavy (non-hydrogen) atoms. The number of hydrogen-bond donors (Lipinski definition) is 1. The minimum absolute atomic E-state index is 0.125. The van der Waals surface area contributed by atoms with Gasteiger partial charge in [-0.2, -0.15) is 0 Å². The molecule has 1 fully saturated rings. The van der Waals surface area contributed by atoms with Crippen molar-refractivity contribution in [1.29, 1.82) is 0 Å². The Morgan fingerprint density at radius 2 is 2.00 bits per heavy atom. The third kappa shape index (κ3) is 2.78. The Bertz CT molecular complexity index is 382. The molecule has 0 spiro atoms. The molecule has 3 heteroatoms. The summed E-state index contributed by atoms with van der Waals surface area (Å²) < 4.78 is 13.3. The SMILES string of the molecule is CC1CCN(c2ccc(F)cc2[C@@H](C)N)CC1. The quantitative estimate of drug-likeness (QED) is 0.855. The second-order valence-corrected chi connectivity index (χ2v) is 5.16. The standard InChI is InChI=1S/C14H21FN2/c1-10-5-7-17(8-6-10)14-4-3-12(15)9-13(14)11(2)16/h3-4,9-11H,5-8,16H2,1-2H3/t11-/m1/s1. The van der Waals surface area contributed by atoms with Gasteiger partial charge in [0, 0.05) is 24.8 Å². The largest absolute Gasteiger partial charge is 0.371 e. The lowest BCUT2D eigenvalue weighted by atomic mass is 9.97. The molecule has 1 atom stereocenters. The molecule has 0 bridgehead atoms. The summed E-state index contributed by atoms with van der Waals surface area (Å²) in [5.74, 6) is 0.594. The van der Waals surface area contributed by atoms with Crippen LogP contribution in [0, 0.1) is 11.7 Å². The summed E-state index contributed by atoms with van der Waals surface area (Å²) in [6.07, 6.45) is 2.41. The first kappa shape index (κ1) is 12.4. The molecule has 0 amide bonds. The molecule has 0 radical (unpaired) electrons. The number of hydrogen-bond acceptors (Lipinski definition) is 2. The van der Waals surface area contributed by atoms with Gasteiger partial charge in [0.1, 0.15) is 5.82 Å². The number of halogens is 1. The van der Waals surface area contributed by atoms with Gasteiger partial charge in [-0.05, 0) is 49.4 Å². The average molecular weight is 236 g/mol. The van der Waals surface area contributed by atoms with Crippen LogP contribution in [0.25, 0.3) is 0 Å². The zero-order valence-corrected chi connectivity index (χ0v) is 10.6. The van der Waals surface area contributed by atoms with E-state index in [9.17, 15) is 4.39 Å². The molecule has 1 aromatic carbocycles. The predicted molar refractivity (Wildman–Crippen MR) is 69.6 cm³/mol. The van der Waals surface area contributed by atoms with Gasteiger partial charge in [-0.25, -0.2) is 4.39 Å². The van der Waals surface area contributed by atoms with Crippen molar-refractivity contribution >= 4 is 5.69 Å². The molecule has 94 valence electrons. The van der Waals surface area contributed by atoms with E-state index in [1.54, 1.807) is 6.07 Å². The number of piperidine rings is 1. The Morgan fingerprint density at radius 3 is 2.59 bits per heavy atom. The van der Waals surface area contributed by atoms with Gasteiger partial charge in [-0.15, -0.1) is 0 Å². The molecule has 1 aliphatic heterocycles. The highest BCUT2D eigenvalue weighted by molar-refractivity contribution is 5.55. The molecule has 1 heterocycles. The van der Waals surface area contributed by atoms with Crippen LogP contribution >= 0.6 is 0 Å². The smallest absolute Gasteiger partial charge is 0.123 e. The summed E-state index contributed by atoms with van der Waals surface area (Å²) in [7, 11) is 0. The van der Waals surface area contributed by atoms with Crippen LogP contribution in [0.4, 0.5) is 10.1 Å². The van der Waals surface area contributed by atoms with Gasteiger partial charge >= 0.3 is 0 Å². The Balaban J connectivity index is 2.25. The summed E-state index contributed by atoms with van der Waals surface area (Å²) in [5.41, 5.74) is 7.95. The van der Waals surface area contributed by atoms with E-state index < -0.39 is 0 Å². The van der Waals surface area contributed by atoms with Gasteiger partial charge < -0.3 is 10.6 Å². The molecule has 0 aromatic heterocycles. The van der Waals surface area contributed by atoms with Gasteiger partial charge in [0.05, 0.1) is 0 Å². The fraction of sp³-hybridized carbons (Fsp3) is 0.571. The fourth-order valence-corrected chi connectivity index (χ4v) is 2.43. The van der Waals surface area contributed by atoms with Crippen molar-refractivity contribution in [3.63, 3.8) is 0 Å². The molecule has 0 saturated carbocycles. The van der Waals surface area contributed by atoms with Crippen molar-refractivity contribution < 1.29 is 4.39 Å². The molecule has 0 unspecified atom stereocenters. The molecular formula is C14H21FN2. The first-order valence-corrected chi connectivity index (χ1v) is 6.38. The maximum Gasteiger partial charge on any atom is 0.123 e. The zero-order chi connectivity index (χ0) is 12.4. The van der Waals surface area contributed by atoms with E-state index in [2.05, 4.69) is 11.8 Å². The van der Waals surface area contributed by atoms with Crippen LogP contribution in [0.2, 0.25) is 0 Å². The van der Waals surface area contributed by atoms with Crippen molar-refractivity contribution in [2.75, 3.05) is 18.0 Å². The van der Waals surface area contributed by atoms with E-state index in [4.69, 9.17) is 5.73 Å². The number of benzene rings is 1. The van der Waals surface area contributed by atoms with E-state index in [-0.39, 0.29) is 11.9 Å². The summed E-state index contributed by atoms with van der Waals surface area (Å²) in [6.45, 7) is 6.29. The molecule has 2 N–H and O–H groups in total. The van der Waals surface area contributed by atoms with E-state index in [1.165, 1.54) is 18.9 Å². The summed E-state index contributed by atoms with van der Waals surface area (Å²) in [5, 5.41) is 0. The van der Waals surface area contributed by atoms with Crippen molar-refractivity contribution in [2.45, 2.75) is 32.7 Å². The van der Waals surface area contributed by atoms with Crippen molar-refractivity contribution in [1.82, 2.24) is 0 Å². The summed E-state index contributed by atoms with van der Waals surface area (Å²) in [6, 6.07) is 4.83. The molecule has 1 aromatic rings. The highest BCUT2D eigenvalue weighted by Crippen LogP contribution is 2.29. The second kappa shape index (κ2) is 5.05. The second-order valence-electron chi connectivity index (χ2n) is 5.16. The van der Waals surface area contributed by atoms with Crippen LogP contribution in [0.15, 0.2) is 18.2 Å². The Hall–Kier alpha value is -1.09. The number of nitrogens with zero attached hydrogens (tertiary/aromatic N) is 1. The average Bonchev–Trinajstić information content (AvgIpc) is 2.30. The monoisotopic (exact) mass is 236 g/mol. The van der Waals surface area contributed by atoms with Crippen molar-refractivity contribution in [3.8, 4) is 0 Å². The lowest BCUT2D eigenvalue weighted by Crippen LogP contribution is -2.34. The lowest BCUT2D eigenvalue weighted by Gasteiger charge is -2.34. The maximum absolute atomic E-state index is 13.3. The fourth-order valence-electron chi connectivity index (χ4n) is 2.43. The first-order chi connectivity index (χ1) is 8.08. The van der Waals surface area contributed by atoms with E-state index in [0.717, 1.165) is 30.3 Å². The molecular weight excluding hydrogens is 215 g/mol. The lowest BCUT2D eigenvalue weighted by molar-refractivity contribution is 0.437. The predicted octanol–water partition coefficient (Wildman–Crippen LogP) is 3.08. The molecule has 2 nitrogen and oxygen atoms in total. The molecule has 2 rings (SSSR count). The van der Waals surface area contributed by atoms with Crippen LogP contribution in [0.3, 0.4) is 0 Å². The summed E-state index contributed by atoms with van der Waals surface area (Å²) >= 11 is 0. The van der Waals surface area contributed by atoms with Crippen LogP contribution in [0.5, 0.6) is 0 Å². The third-order valence-electron chi connectivity index (χ3n) is 3.60. The van der Waals surface area contributed by atoms with Crippen LogP contribution in [0.1, 0.15) is 38.3 Å². The first-order valence-electron chi connectivity index (χ1n) is 6.38. The van der Waals surface area contributed by atoms with E-state index >= 15 is 0 Å². The Labute approximate surface area is 103 Å².